The maximum Gasteiger partial charge on any atom is 0.311 e. The molecule has 0 aromatic heterocycles. The van der Waals surface area contributed by atoms with Crippen LogP contribution in [-0.2, 0) is 14.3 Å². The Morgan fingerprint density at radius 1 is 1.06 bits per heavy atom. The van der Waals surface area contributed by atoms with E-state index in [1.807, 2.05) is 67.5 Å². The lowest BCUT2D eigenvalue weighted by atomic mass is 9.93. The van der Waals surface area contributed by atoms with Crippen LogP contribution in [0.25, 0.3) is 0 Å². The molecule has 31 heavy (non-hydrogen) atoms. The predicted molar refractivity (Wildman–Crippen MR) is 117 cm³/mol. The van der Waals surface area contributed by atoms with Gasteiger partial charge in [-0.25, -0.2) is 0 Å². The molecule has 2 heterocycles. The van der Waals surface area contributed by atoms with E-state index in [1.165, 1.54) is 7.11 Å². The topological polar surface area (TPSA) is 70.2 Å². The van der Waals surface area contributed by atoms with Crippen molar-refractivity contribution in [2.45, 2.75) is 18.5 Å². The molecule has 2 fully saturated rings. The number of esters is 1. The van der Waals surface area contributed by atoms with Crippen molar-refractivity contribution in [1.82, 2.24) is 9.80 Å². The molecule has 2 aliphatic rings. The second-order valence-corrected chi connectivity index (χ2v) is 8.31. The average Bonchev–Trinajstić information content (AvgIpc) is 3.19. The number of amides is 2. The molecule has 2 aliphatic heterocycles. The molecule has 4 rings (SSSR count). The van der Waals surface area contributed by atoms with Crippen molar-refractivity contribution in [2.24, 2.45) is 5.92 Å². The number of carbonyl (C=O) groups is 3. The van der Waals surface area contributed by atoms with E-state index in [2.05, 4.69) is 0 Å². The Kier molecular flexibility index (Phi) is 5.67. The third kappa shape index (κ3) is 3.87. The first-order chi connectivity index (χ1) is 14.9. The van der Waals surface area contributed by atoms with E-state index in [-0.39, 0.29) is 36.4 Å². The normalized spacial score (nSPS) is 22.8. The van der Waals surface area contributed by atoms with Crippen molar-refractivity contribution in [3.63, 3.8) is 0 Å². The standard InChI is InChI=1S/C24H27N3O4/c1-25(2)18-11-7-10-17(12-18)23(29)26-14-19-13-20(24(30)31-3)22(27(19)21(28)15-26)16-8-5-4-6-9-16/h4-12,19-20,22H,13-15H2,1-3H3/t19-,20-,22-/m0/s1. The van der Waals surface area contributed by atoms with Gasteiger partial charge in [0, 0.05) is 31.9 Å². The van der Waals surface area contributed by atoms with E-state index in [0.29, 0.717) is 18.5 Å². The van der Waals surface area contributed by atoms with E-state index in [0.717, 1.165) is 11.3 Å². The largest absolute Gasteiger partial charge is 0.469 e. The molecular formula is C24H27N3O4. The zero-order chi connectivity index (χ0) is 22.1. The smallest absolute Gasteiger partial charge is 0.311 e. The second kappa shape index (κ2) is 8.41. The molecule has 7 nitrogen and oxygen atoms in total. The summed E-state index contributed by atoms with van der Waals surface area (Å²) in [6, 6.07) is 16.3. The molecule has 0 bridgehead atoms. The number of methoxy groups -OCH3 is 1. The maximum atomic E-state index is 13.2. The molecule has 3 atom stereocenters. The quantitative estimate of drug-likeness (QED) is 0.709. The number of anilines is 1. The maximum absolute atomic E-state index is 13.2. The third-order valence-corrected chi connectivity index (χ3v) is 6.19. The van der Waals surface area contributed by atoms with Crippen molar-refractivity contribution in [3.05, 3.63) is 65.7 Å². The Morgan fingerprint density at radius 2 is 1.81 bits per heavy atom. The number of benzene rings is 2. The van der Waals surface area contributed by atoms with Gasteiger partial charge in [0.05, 0.1) is 25.1 Å². The highest BCUT2D eigenvalue weighted by Gasteiger charge is 2.51. The Labute approximate surface area is 182 Å². The van der Waals surface area contributed by atoms with E-state index in [1.54, 1.807) is 15.9 Å². The van der Waals surface area contributed by atoms with Crippen LogP contribution in [0.4, 0.5) is 5.69 Å². The molecule has 162 valence electrons. The molecule has 0 spiro atoms. The number of nitrogens with zero attached hydrogens (tertiary/aromatic N) is 3. The summed E-state index contributed by atoms with van der Waals surface area (Å²) in [5.74, 6) is -1.09. The molecule has 2 amide bonds. The number of piperazine rings is 1. The van der Waals surface area contributed by atoms with Gasteiger partial charge in [0.25, 0.3) is 5.91 Å². The molecule has 0 N–H and O–H groups in total. The molecule has 2 saturated heterocycles. The van der Waals surface area contributed by atoms with Gasteiger partial charge < -0.3 is 19.4 Å². The van der Waals surface area contributed by atoms with Crippen LogP contribution < -0.4 is 4.90 Å². The van der Waals surface area contributed by atoms with Gasteiger partial charge in [-0.1, -0.05) is 36.4 Å². The zero-order valence-electron chi connectivity index (χ0n) is 18.0. The number of rotatable bonds is 4. The minimum atomic E-state index is -0.450. The van der Waals surface area contributed by atoms with Gasteiger partial charge in [-0.05, 0) is 30.2 Å². The van der Waals surface area contributed by atoms with Crippen molar-refractivity contribution < 1.29 is 19.1 Å². The summed E-state index contributed by atoms with van der Waals surface area (Å²) in [7, 11) is 5.21. The average molecular weight is 421 g/mol. The van der Waals surface area contributed by atoms with Crippen molar-refractivity contribution in [1.29, 1.82) is 0 Å². The fourth-order valence-corrected chi connectivity index (χ4v) is 4.72. The molecule has 0 radical (unpaired) electrons. The lowest BCUT2D eigenvalue weighted by Gasteiger charge is -2.40. The number of carbonyl (C=O) groups excluding carboxylic acids is 3. The summed E-state index contributed by atoms with van der Waals surface area (Å²) >= 11 is 0. The molecule has 7 heteroatoms. The van der Waals surface area contributed by atoms with Crippen LogP contribution in [0.15, 0.2) is 54.6 Å². The predicted octanol–water partition coefficient (Wildman–Crippen LogP) is 2.34. The Balaban J connectivity index is 1.61. The van der Waals surface area contributed by atoms with Gasteiger partial charge in [0.15, 0.2) is 0 Å². The zero-order valence-corrected chi connectivity index (χ0v) is 18.0. The van der Waals surface area contributed by atoms with Crippen LogP contribution >= 0.6 is 0 Å². The Morgan fingerprint density at radius 3 is 2.48 bits per heavy atom. The third-order valence-electron chi connectivity index (χ3n) is 6.19. The molecule has 0 saturated carbocycles. The summed E-state index contributed by atoms with van der Waals surface area (Å²) in [4.78, 5) is 44.2. The first-order valence-electron chi connectivity index (χ1n) is 10.4. The number of fused-ring (bicyclic) bond motifs is 1. The molecule has 0 aliphatic carbocycles. The van der Waals surface area contributed by atoms with E-state index >= 15 is 0 Å². The molecule has 2 aromatic rings. The monoisotopic (exact) mass is 421 g/mol. The van der Waals surface area contributed by atoms with Crippen molar-refractivity contribution in [2.75, 3.05) is 39.2 Å². The van der Waals surface area contributed by atoms with Gasteiger partial charge in [-0.3, -0.25) is 14.4 Å². The second-order valence-electron chi connectivity index (χ2n) is 8.31. The van der Waals surface area contributed by atoms with Gasteiger partial charge in [0.2, 0.25) is 5.91 Å². The number of ether oxygens (including phenoxy) is 1. The summed E-state index contributed by atoms with van der Waals surface area (Å²) in [5.41, 5.74) is 2.38. The highest BCUT2D eigenvalue weighted by atomic mass is 16.5. The van der Waals surface area contributed by atoms with Crippen LogP contribution in [0.5, 0.6) is 0 Å². The van der Waals surface area contributed by atoms with Gasteiger partial charge >= 0.3 is 5.97 Å². The first kappa shape index (κ1) is 20.9. The fourth-order valence-electron chi connectivity index (χ4n) is 4.72. The van der Waals surface area contributed by atoms with Gasteiger partial charge in [0.1, 0.15) is 6.54 Å². The lowest BCUT2D eigenvalue weighted by molar-refractivity contribution is -0.147. The SMILES string of the molecule is COC(=O)[C@H]1C[C@H]2CN(C(=O)c3cccc(N(C)C)c3)CC(=O)N2[C@H]1c1ccccc1. The molecular weight excluding hydrogens is 394 g/mol. The molecule has 0 unspecified atom stereocenters. The summed E-state index contributed by atoms with van der Waals surface area (Å²) in [5, 5.41) is 0. The highest BCUT2D eigenvalue weighted by molar-refractivity contribution is 5.98. The van der Waals surface area contributed by atoms with Crippen LogP contribution in [0.3, 0.4) is 0 Å². The van der Waals surface area contributed by atoms with Crippen LogP contribution in [0, 0.1) is 5.92 Å². The van der Waals surface area contributed by atoms with Crippen molar-refractivity contribution >= 4 is 23.5 Å². The van der Waals surface area contributed by atoms with E-state index in [9.17, 15) is 14.4 Å². The number of hydrogen-bond acceptors (Lipinski definition) is 5. The molecule has 2 aromatic carbocycles. The van der Waals surface area contributed by atoms with Crippen LogP contribution in [0.1, 0.15) is 28.4 Å². The first-order valence-corrected chi connectivity index (χ1v) is 10.4. The Bertz CT molecular complexity index is 991. The highest BCUT2D eigenvalue weighted by Crippen LogP contribution is 2.43. The summed E-state index contributed by atoms with van der Waals surface area (Å²) in [6.07, 6.45) is 0.472. The van der Waals surface area contributed by atoms with Gasteiger partial charge in [-0.2, -0.15) is 0 Å². The summed E-state index contributed by atoms with van der Waals surface area (Å²) in [6.45, 7) is 0.395. The minimum absolute atomic E-state index is 0.00124. The van der Waals surface area contributed by atoms with Crippen LogP contribution in [0.2, 0.25) is 0 Å². The van der Waals surface area contributed by atoms with E-state index in [4.69, 9.17) is 4.74 Å². The van der Waals surface area contributed by atoms with Crippen molar-refractivity contribution in [3.8, 4) is 0 Å². The van der Waals surface area contributed by atoms with Crippen LogP contribution in [-0.4, -0.2) is 67.9 Å². The minimum Gasteiger partial charge on any atom is -0.469 e. The summed E-state index contributed by atoms with van der Waals surface area (Å²) < 4.78 is 5.04. The van der Waals surface area contributed by atoms with E-state index < -0.39 is 5.92 Å². The number of hydrogen-bond donors (Lipinski definition) is 0. The van der Waals surface area contributed by atoms with Gasteiger partial charge in [-0.15, -0.1) is 0 Å². The lowest BCUT2D eigenvalue weighted by Crippen LogP contribution is -2.55. The fraction of sp³-hybridized carbons (Fsp3) is 0.375. The Hall–Kier alpha value is -3.35.